The lowest BCUT2D eigenvalue weighted by molar-refractivity contribution is -0.194. The number of hydrogen-bond donors (Lipinski definition) is 1. The van der Waals surface area contributed by atoms with Gasteiger partial charge in [-0.15, -0.1) is 0 Å². The SMILES string of the molecule is CCC(C)(C)N(CCCN)C(=O)OC(=O)C(F)(F)F. The summed E-state index contributed by atoms with van der Waals surface area (Å²) >= 11 is 0. The van der Waals surface area contributed by atoms with Gasteiger partial charge < -0.3 is 15.4 Å². The second-order valence-electron chi connectivity index (χ2n) is 4.61. The van der Waals surface area contributed by atoms with E-state index < -0.39 is 23.8 Å². The smallest absolute Gasteiger partial charge is 0.369 e. The highest BCUT2D eigenvalue weighted by molar-refractivity contribution is 5.88. The van der Waals surface area contributed by atoms with Gasteiger partial charge >= 0.3 is 18.2 Å². The Morgan fingerprint density at radius 2 is 1.79 bits per heavy atom. The first-order chi connectivity index (χ1) is 8.56. The Bertz CT molecular complexity index is 330. The molecule has 0 saturated carbocycles. The van der Waals surface area contributed by atoms with Crippen molar-refractivity contribution in [3.8, 4) is 0 Å². The first-order valence-corrected chi connectivity index (χ1v) is 5.87. The van der Waals surface area contributed by atoms with Crippen molar-refractivity contribution in [2.75, 3.05) is 13.1 Å². The maximum absolute atomic E-state index is 12.0. The van der Waals surface area contributed by atoms with Crippen LogP contribution >= 0.6 is 0 Å². The van der Waals surface area contributed by atoms with E-state index in [1.165, 1.54) is 0 Å². The summed E-state index contributed by atoms with van der Waals surface area (Å²) in [6.45, 7) is 5.51. The molecule has 0 aliphatic heterocycles. The molecule has 0 atom stereocenters. The Balaban J connectivity index is 4.87. The number of hydrogen-bond acceptors (Lipinski definition) is 4. The molecule has 5 nitrogen and oxygen atoms in total. The van der Waals surface area contributed by atoms with E-state index >= 15 is 0 Å². The van der Waals surface area contributed by atoms with Crippen molar-refractivity contribution in [2.24, 2.45) is 5.73 Å². The van der Waals surface area contributed by atoms with Gasteiger partial charge in [0.15, 0.2) is 0 Å². The largest absolute Gasteiger partial charge is 0.491 e. The zero-order valence-electron chi connectivity index (χ0n) is 11.2. The average Bonchev–Trinajstić information content (AvgIpc) is 2.27. The Morgan fingerprint density at radius 1 is 1.26 bits per heavy atom. The number of nitrogens with zero attached hydrogens (tertiary/aromatic N) is 1. The van der Waals surface area contributed by atoms with Crippen molar-refractivity contribution in [3.05, 3.63) is 0 Å². The molecule has 0 radical (unpaired) electrons. The van der Waals surface area contributed by atoms with Crippen LogP contribution in [0.2, 0.25) is 0 Å². The van der Waals surface area contributed by atoms with Crippen LogP contribution in [0.3, 0.4) is 0 Å². The minimum Gasteiger partial charge on any atom is -0.369 e. The molecule has 0 rings (SSSR count). The minimum atomic E-state index is -5.19. The number of esters is 1. The summed E-state index contributed by atoms with van der Waals surface area (Å²) in [6, 6.07) is 0. The van der Waals surface area contributed by atoms with Crippen LogP contribution < -0.4 is 5.73 Å². The van der Waals surface area contributed by atoms with Crippen LogP contribution in [0.1, 0.15) is 33.6 Å². The monoisotopic (exact) mass is 284 g/mol. The van der Waals surface area contributed by atoms with Crippen LogP contribution in [-0.2, 0) is 9.53 Å². The molecule has 2 N–H and O–H groups in total. The predicted molar refractivity (Wildman–Crippen MR) is 62.3 cm³/mol. The van der Waals surface area contributed by atoms with Crippen LogP contribution in [0.25, 0.3) is 0 Å². The van der Waals surface area contributed by atoms with Crippen LogP contribution in [0.5, 0.6) is 0 Å². The lowest BCUT2D eigenvalue weighted by atomic mass is 9.99. The zero-order valence-corrected chi connectivity index (χ0v) is 11.2. The van der Waals surface area contributed by atoms with Crippen molar-refractivity contribution in [1.29, 1.82) is 0 Å². The summed E-state index contributed by atoms with van der Waals surface area (Å²) in [7, 11) is 0. The molecule has 1 amide bonds. The minimum absolute atomic E-state index is 0.126. The average molecular weight is 284 g/mol. The summed E-state index contributed by atoms with van der Waals surface area (Å²) in [6.07, 6.45) is -5.60. The van der Waals surface area contributed by atoms with Crippen molar-refractivity contribution >= 4 is 12.1 Å². The highest BCUT2D eigenvalue weighted by Crippen LogP contribution is 2.22. The van der Waals surface area contributed by atoms with E-state index in [1.54, 1.807) is 20.8 Å². The summed E-state index contributed by atoms with van der Waals surface area (Å²) in [5.74, 6) is -2.51. The van der Waals surface area contributed by atoms with E-state index in [0.717, 1.165) is 4.90 Å². The Morgan fingerprint density at radius 3 is 2.16 bits per heavy atom. The van der Waals surface area contributed by atoms with Gasteiger partial charge in [-0.1, -0.05) is 6.92 Å². The topological polar surface area (TPSA) is 72.6 Å². The molecule has 0 aliphatic rings. The van der Waals surface area contributed by atoms with Gasteiger partial charge in [-0.3, -0.25) is 0 Å². The number of carbonyl (C=O) groups excluding carboxylic acids is 2. The van der Waals surface area contributed by atoms with Gasteiger partial charge in [-0.25, -0.2) is 9.59 Å². The van der Waals surface area contributed by atoms with E-state index in [-0.39, 0.29) is 13.1 Å². The van der Waals surface area contributed by atoms with Gasteiger partial charge in [0.25, 0.3) is 0 Å². The van der Waals surface area contributed by atoms with Crippen LogP contribution in [-0.4, -0.2) is 41.8 Å². The summed E-state index contributed by atoms with van der Waals surface area (Å²) in [5, 5.41) is 0. The zero-order chi connectivity index (χ0) is 15.3. The number of rotatable bonds is 5. The van der Waals surface area contributed by atoms with Crippen LogP contribution in [0.15, 0.2) is 0 Å². The molecule has 0 fully saturated rings. The number of amides is 1. The number of ether oxygens (including phenoxy) is 1. The summed E-state index contributed by atoms with van der Waals surface area (Å²) in [5.41, 5.74) is 4.58. The highest BCUT2D eigenvalue weighted by Gasteiger charge is 2.44. The third-order valence-corrected chi connectivity index (χ3v) is 2.81. The number of carbonyl (C=O) groups is 2. The maximum Gasteiger partial charge on any atom is 0.491 e. The van der Waals surface area contributed by atoms with E-state index in [0.29, 0.717) is 12.8 Å². The third kappa shape index (κ3) is 5.46. The molecule has 0 aliphatic carbocycles. The Labute approximate surface area is 109 Å². The second kappa shape index (κ2) is 6.74. The Kier molecular flexibility index (Phi) is 6.28. The number of nitrogens with two attached hydrogens (primary N) is 1. The van der Waals surface area contributed by atoms with E-state index in [1.807, 2.05) is 0 Å². The fraction of sp³-hybridized carbons (Fsp3) is 0.818. The molecule has 0 aromatic carbocycles. The molecular formula is C11H19F3N2O3. The molecule has 112 valence electrons. The van der Waals surface area contributed by atoms with Gasteiger partial charge in [-0.2, -0.15) is 13.2 Å². The van der Waals surface area contributed by atoms with Crippen molar-refractivity contribution < 1.29 is 27.5 Å². The predicted octanol–water partition coefficient (Wildman–Crippen LogP) is 2.05. The van der Waals surface area contributed by atoms with E-state index in [4.69, 9.17) is 5.73 Å². The molecule has 0 aromatic heterocycles. The third-order valence-electron chi connectivity index (χ3n) is 2.81. The lowest BCUT2D eigenvalue weighted by Crippen LogP contribution is -2.49. The van der Waals surface area contributed by atoms with Gasteiger partial charge in [0.1, 0.15) is 0 Å². The van der Waals surface area contributed by atoms with Crippen molar-refractivity contribution in [1.82, 2.24) is 4.90 Å². The van der Waals surface area contributed by atoms with Crippen molar-refractivity contribution in [2.45, 2.75) is 45.3 Å². The van der Waals surface area contributed by atoms with Crippen LogP contribution in [0, 0.1) is 0 Å². The van der Waals surface area contributed by atoms with Gasteiger partial charge in [0.05, 0.1) is 0 Å². The standard InChI is InChI=1S/C11H19F3N2O3/c1-4-10(2,3)16(7-5-6-15)9(18)19-8(17)11(12,13)14/h4-7,15H2,1-3H3. The first-order valence-electron chi connectivity index (χ1n) is 5.87. The molecule has 0 spiro atoms. The fourth-order valence-corrected chi connectivity index (χ4v) is 1.27. The Hall–Kier alpha value is -1.31. The molecule has 0 bridgehead atoms. The van der Waals surface area contributed by atoms with Gasteiger partial charge in [-0.05, 0) is 33.2 Å². The fourth-order valence-electron chi connectivity index (χ4n) is 1.27. The molecule has 0 heterocycles. The quantitative estimate of drug-likeness (QED) is 0.619. The second-order valence-corrected chi connectivity index (χ2v) is 4.61. The molecular weight excluding hydrogens is 265 g/mol. The van der Waals surface area contributed by atoms with Crippen LogP contribution in [0.4, 0.5) is 18.0 Å². The molecule has 0 unspecified atom stereocenters. The highest BCUT2D eigenvalue weighted by atomic mass is 19.4. The van der Waals surface area contributed by atoms with E-state index in [9.17, 15) is 22.8 Å². The van der Waals surface area contributed by atoms with Gasteiger partial charge in [0.2, 0.25) is 0 Å². The maximum atomic E-state index is 12.0. The lowest BCUT2D eigenvalue weighted by Gasteiger charge is -2.36. The first kappa shape index (κ1) is 17.7. The normalized spacial score (nSPS) is 12.2. The summed E-state index contributed by atoms with van der Waals surface area (Å²) in [4.78, 5) is 23.4. The number of alkyl halides is 3. The summed E-state index contributed by atoms with van der Waals surface area (Å²) < 4.78 is 40.0. The number of halogens is 3. The van der Waals surface area contributed by atoms with Crippen molar-refractivity contribution in [3.63, 3.8) is 0 Å². The van der Waals surface area contributed by atoms with E-state index in [2.05, 4.69) is 4.74 Å². The molecule has 8 heteroatoms. The molecule has 19 heavy (non-hydrogen) atoms. The molecule has 0 aromatic rings. The molecule has 0 saturated heterocycles. The van der Waals surface area contributed by atoms with Gasteiger partial charge in [0, 0.05) is 12.1 Å².